The number of aliphatic hydroxyl groups is 1. The van der Waals surface area contributed by atoms with Crippen molar-refractivity contribution < 1.29 is 42.5 Å². The zero-order chi connectivity index (χ0) is 41.3. The van der Waals surface area contributed by atoms with Crippen LogP contribution in [0, 0.1) is 18.6 Å². The third-order valence-electron chi connectivity index (χ3n) is 9.84. The largest absolute Gasteiger partial charge is 0.444 e. The number of carbonyl (C=O) groups is 4. The van der Waals surface area contributed by atoms with Crippen LogP contribution in [0.15, 0.2) is 42.7 Å². The van der Waals surface area contributed by atoms with Crippen molar-refractivity contribution in [3.05, 3.63) is 76.5 Å². The third-order valence-corrected chi connectivity index (χ3v) is 10.2. The average Bonchev–Trinajstić information content (AvgIpc) is 3.86. The number of aryl methyl sites for hydroxylation is 1. The van der Waals surface area contributed by atoms with Gasteiger partial charge in [0.2, 0.25) is 5.91 Å². The summed E-state index contributed by atoms with van der Waals surface area (Å²) in [5.41, 5.74) is 0.759. The molecular weight excluding hydrogens is 766 g/mol. The smallest absolute Gasteiger partial charge is 0.411 e. The van der Waals surface area contributed by atoms with E-state index in [4.69, 9.17) is 21.1 Å². The number of anilines is 1. The lowest BCUT2D eigenvalue weighted by molar-refractivity contribution is -0.137. The Morgan fingerprint density at radius 3 is 2.33 bits per heavy atom. The highest BCUT2D eigenvalue weighted by molar-refractivity contribution is 6.34. The van der Waals surface area contributed by atoms with Gasteiger partial charge in [-0.2, -0.15) is 5.10 Å². The average molecular weight is 811 g/mol. The van der Waals surface area contributed by atoms with Crippen LogP contribution in [0.2, 0.25) is 5.02 Å². The number of nitrogens with one attached hydrogen (secondary N) is 1. The van der Waals surface area contributed by atoms with Crippen molar-refractivity contribution in [1.82, 2.24) is 34.0 Å². The number of benzene rings is 2. The quantitative estimate of drug-likeness (QED) is 0.243. The molecule has 0 saturated carbocycles. The van der Waals surface area contributed by atoms with Crippen LogP contribution in [0.1, 0.15) is 53.9 Å². The minimum Gasteiger partial charge on any atom is -0.444 e. The SMILES string of the molecule is COCCn1cc(-c2ccc(-c3cnc(C(=O)Nc4ccc(C(=O)N5CCN(C(=O)[C@H]6CC(O)CN6C(=O)OC(C)(C)C)CC5)c(Cl)c4)n3C)c(F)c2F)c(C)n1. The van der Waals surface area contributed by atoms with Crippen molar-refractivity contribution in [3.63, 3.8) is 0 Å². The van der Waals surface area contributed by atoms with Gasteiger partial charge in [-0.05, 0) is 52.0 Å². The van der Waals surface area contributed by atoms with E-state index in [2.05, 4.69) is 15.4 Å². The lowest BCUT2D eigenvalue weighted by Crippen LogP contribution is -2.55. The van der Waals surface area contributed by atoms with Gasteiger partial charge in [0.25, 0.3) is 11.8 Å². The van der Waals surface area contributed by atoms with Crippen LogP contribution in [0.4, 0.5) is 19.3 Å². The molecule has 4 heterocycles. The number of carbonyl (C=O) groups excluding carboxylic acids is 4. The summed E-state index contributed by atoms with van der Waals surface area (Å²) in [6.45, 7) is 8.53. The van der Waals surface area contributed by atoms with Crippen molar-refractivity contribution in [2.75, 3.05) is 51.8 Å². The normalized spacial score (nSPS) is 17.3. The fraction of sp³-hybridized carbons (Fsp3) is 0.436. The van der Waals surface area contributed by atoms with Crippen LogP contribution >= 0.6 is 11.6 Å². The molecule has 15 nitrogen and oxygen atoms in total. The number of halogens is 3. The second-order valence-electron chi connectivity index (χ2n) is 15.0. The molecule has 0 aliphatic carbocycles. The summed E-state index contributed by atoms with van der Waals surface area (Å²) in [6, 6.07) is 6.40. The van der Waals surface area contributed by atoms with Crippen LogP contribution in [0.3, 0.4) is 0 Å². The van der Waals surface area contributed by atoms with Gasteiger partial charge in [-0.25, -0.2) is 18.6 Å². The van der Waals surface area contributed by atoms with Gasteiger partial charge in [-0.3, -0.25) is 24.0 Å². The molecule has 6 rings (SSSR count). The number of β-amino-alcohol motifs (C(OH)–C–C–N with tert-alkyl or cyclic N) is 1. The van der Waals surface area contributed by atoms with Crippen molar-refractivity contribution >= 4 is 41.1 Å². The van der Waals surface area contributed by atoms with Crippen LogP contribution in [-0.4, -0.2) is 127 Å². The molecule has 2 saturated heterocycles. The molecular formula is C39H45ClF2N8O7. The monoisotopic (exact) mass is 810 g/mol. The molecule has 4 amide bonds. The van der Waals surface area contributed by atoms with Gasteiger partial charge in [0.1, 0.15) is 11.6 Å². The minimum atomic E-state index is -1.11. The number of amides is 4. The number of methoxy groups -OCH3 is 1. The summed E-state index contributed by atoms with van der Waals surface area (Å²) in [4.78, 5) is 61.5. The summed E-state index contributed by atoms with van der Waals surface area (Å²) in [5.74, 6) is -3.62. The summed E-state index contributed by atoms with van der Waals surface area (Å²) >= 11 is 6.54. The van der Waals surface area contributed by atoms with Gasteiger partial charge in [-0.15, -0.1) is 0 Å². The van der Waals surface area contributed by atoms with E-state index < -0.39 is 41.4 Å². The van der Waals surface area contributed by atoms with E-state index in [1.807, 2.05) is 0 Å². The molecule has 304 valence electrons. The van der Waals surface area contributed by atoms with E-state index in [1.54, 1.807) is 55.5 Å². The fourth-order valence-corrected chi connectivity index (χ4v) is 7.20. The molecule has 57 heavy (non-hydrogen) atoms. The number of aromatic nitrogens is 4. The topological polar surface area (TPSA) is 164 Å². The molecule has 18 heteroatoms. The third kappa shape index (κ3) is 8.79. The van der Waals surface area contributed by atoms with Gasteiger partial charge >= 0.3 is 6.09 Å². The molecule has 2 aliphatic rings. The summed E-state index contributed by atoms with van der Waals surface area (Å²) in [6.07, 6.45) is 1.47. The molecule has 2 aromatic carbocycles. The lowest BCUT2D eigenvalue weighted by Gasteiger charge is -2.37. The summed E-state index contributed by atoms with van der Waals surface area (Å²) in [7, 11) is 3.06. The first-order valence-electron chi connectivity index (χ1n) is 18.4. The van der Waals surface area contributed by atoms with Crippen LogP contribution < -0.4 is 5.32 Å². The Kier molecular flexibility index (Phi) is 12.0. The number of nitrogens with zero attached hydrogens (tertiary/aromatic N) is 7. The maximum Gasteiger partial charge on any atom is 0.411 e. The van der Waals surface area contributed by atoms with E-state index in [-0.39, 0.29) is 89.9 Å². The second kappa shape index (κ2) is 16.6. The number of imidazole rings is 1. The number of rotatable bonds is 9. The Bertz CT molecular complexity index is 2190. The minimum absolute atomic E-state index is 0.0115. The summed E-state index contributed by atoms with van der Waals surface area (Å²) < 4.78 is 44.5. The molecule has 1 unspecified atom stereocenters. The predicted molar refractivity (Wildman–Crippen MR) is 206 cm³/mol. The van der Waals surface area contributed by atoms with E-state index in [0.717, 1.165) is 0 Å². The van der Waals surface area contributed by atoms with Gasteiger partial charge in [0, 0.05) is 75.3 Å². The Morgan fingerprint density at radius 2 is 1.67 bits per heavy atom. The first-order valence-corrected chi connectivity index (χ1v) is 18.7. The molecule has 2 N–H and O–H groups in total. The molecule has 0 radical (unpaired) electrons. The van der Waals surface area contributed by atoms with E-state index >= 15 is 8.78 Å². The molecule has 2 aromatic heterocycles. The Hall–Kier alpha value is -5.39. The molecule has 0 bridgehead atoms. The molecule has 2 atom stereocenters. The van der Waals surface area contributed by atoms with Crippen LogP contribution in [0.5, 0.6) is 0 Å². The number of ether oxygens (including phenoxy) is 2. The Morgan fingerprint density at radius 1 is 1.00 bits per heavy atom. The van der Waals surface area contributed by atoms with Crippen molar-refractivity contribution in [2.45, 2.75) is 58.4 Å². The van der Waals surface area contributed by atoms with E-state index in [0.29, 0.717) is 24.4 Å². The first kappa shape index (κ1) is 41.2. The van der Waals surface area contributed by atoms with Crippen molar-refractivity contribution in [1.29, 1.82) is 0 Å². The van der Waals surface area contributed by atoms with Crippen molar-refractivity contribution in [3.8, 4) is 22.4 Å². The van der Waals surface area contributed by atoms with E-state index in [9.17, 15) is 24.3 Å². The maximum atomic E-state index is 15.6. The van der Waals surface area contributed by atoms with Gasteiger partial charge in [-0.1, -0.05) is 17.7 Å². The lowest BCUT2D eigenvalue weighted by atomic mass is 10.0. The standard InChI is InChI=1S/C39H45ClF2N8O7/c1-22-28(21-49(45-22)15-16-56-6)25-9-10-27(33(42)32(25)41)31-19-43-34(46(31)5)35(52)44-23-7-8-26(29(40)17-23)36(53)47-11-13-48(14-12-47)37(54)30-18-24(51)20-50(30)38(55)57-39(2,3)4/h7-10,17,19,21,24,30,51H,11-16,18,20H2,1-6H3,(H,44,52)/t24?,30-/m1/s1. The number of hydrogen-bond donors (Lipinski definition) is 2. The zero-order valence-electron chi connectivity index (χ0n) is 32.5. The van der Waals surface area contributed by atoms with Crippen LogP contribution in [0.25, 0.3) is 22.4 Å². The Labute approximate surface area is 333 Å². The second-order valence-corrected chi connectivity index (χ2v) is 15.4. The maximum absolute atomic E-state index is 15.6. The van der Waals surface area contributed by atoms with Gasteiger partial charge in [0.05, 0.1) is 54.0 Å². The predicted octanol–water partition coefficient (Wildman–Crippen LogP) is 4.74. The Balaban J connectivity index is 1.08. The number of likely N-dealkylation sites (tertiary alicyclic amines) is 1. The highest BCUT2D eigenvalue weighted by Crippen LogP contribution is 2.33. The number of aliphatic hydroxyl groups excluding tert-OH is 1. The summed E-state index contributed by atoms with van der Waals surface area (Å²) in [5, 5.41) is 17.4. The molecule has 2 aliphatic heterocycles. The van der Waals surface area contributed by atoms with Gasteiger partial charge < -0.3 is 34.3 Å². The molecule has 4 aromatic rings. The van der Waals surface area contributed by atoms with Crippen molar-refractivity contribution in [2.24, 2.45) is 7.05 Å². The molecule has 2 fully saturated rings. The highest BCUT2D eigenvalue weighted by atomic mass is 35.5. The van der Waals surface area contributed by atoms with Gasteiger partial charge in [0.15, 0.2) is 17.5 Å². The molecule has 0 spiro atoms. The zero-order valence-corrected chi connectivity index (χ0v) is 33.3. The number of piperazine rings is 1. The van der Waals surface area contributed by atoms with E-state index in [1.165, 1.54) is 53.0 Å². The highest BCUT2D eigenvalue weighted by Gasteiger charge is 2.43. The number of hydrogen-bond acceptors (Lipinski definition) is 9. The first-order chi connectivity index (χ1) is 27.0. The van der Waals surface area contributed by atoms with Crippen LogP contribution in [-0.2, 0) is 27.9 Å². The fourth-order valence-electron chi connectivity index (χ4n) is 6.94.